The van der Waals surface area contributed by atoms with Gasteiger partial charge in [-0.1, -0.05) is 11.6 Å². The Morgan fingerprint density at radius 2 is 1.78 bits per heavy atom. The van der Waals surface area contributed by atoms with Gasteiger partial charge in [-0.3, -0.25) is 4.79 Å². The highest BCUT2D eigenvalue weighted by molar-refractivity contribution is 7.92. The second kappa shape index (κ2) is 9.45. The number of anilines is 1. The van der Waals surface area contributed by atoms with Crippen LogP contribution in [0, 0.1) is 29.3 Å². The zero-order valence-electron chi connectivity index (χ0n) is 19.4. The Morgan fingerprint density at radius 3 is 2.38 bits per heavy atom. The standard InChI is InChI=1S/C25H23ClF3N3O4S/c26-18-4-3-14(24(33)31-17-8-19(27)22(29)20(28)9-17)7-21(18)37(35,36)23-15-1-2-16(23)11-25(34,10-15)12-32-6-5-30-13-32/h3-9,13,15-16,23,34H,1-2,10-12H2,(H,31,33). The van der Waals surface area contributed by atoms with Crippen molar-refractivity contribution >= 4 is 33.0 Å². The number of amides is 1. The Kier molecular flexibility index (Phi) is 6.57. The molecular formula is C25H23ClF3N3O4S. The van der Waals surface area contributed by atoms with Crippen LogP contribution in [0.15, 0.2) is 53.9 Å². The highest BCUT2D eigenvalue weighted by atomic mass is 35.5. The van der Waals surface area contributed by atoms with Crippen LogP contribution < -0.4 is 5.32 Å². The van der Waals surface area contributed by atoms with Crippen LogP contribution in [-0.4, -0.2) is 39.8 Å². The maximum atomic E-state index is 13.8. The average Bonchev–Trinajstić information content (AvgIpc) is 3.43. The normalized spacial score (nSPS) is 25.3. The summed E-state index contributed by atoms with van der Waals surface area (Å²) in [6.45, 7) is 0.313. The molecule has 2 bridgehead atoms. The van der Waals surface area contributed by atoms with E-state index in [0.717, 1.165) is 6.07 Å². The lowest BCUT2D eigenvalue weighted by Crippen LogP contribution is -2.48. The number of sulfone groups is 1. The molecule has 1 heterocycles. The topological polar surface area (TPSA) is 101 Å². The minimum absolute atomic E-state index is 0.0610. The van der Waals surface area contributed by atoms with E-state index in [-0.39, 0.29) is 33.0 Å². The molecule has 2 N–H and O–H groups in total. The molecule has 1 amide bonds. The summed E-state index contributed by atoms with van der Waals surface area (Å²) in [7, 11) is -4.00. The molecule has 12 heteroatoms. The average molecular weight is 554 g/mol. The van der Waals surface area contributed by atoms with Gasteiger partial charge in [0.25, 0.3) is 5.91 Å². The summed E-state index contributed by atoms with van der Waals surface area (Å²) >= 11 is 6.28. The van der Waals surface area contributed by atoms with E-state index in [1.165, 1.54) is 12.1 Å². The Morgan fingerprint density at radius 1 is 1.14 bits per heavy atom. The fourth-order valence-corrected chi connectivity index (χ4v) is 8.68. The molecule has 2 unspecified atom stereocenters. The van der Waals surface area contributed by atoms with Crippen LogP contribution in [-0.2, 0) is 16.4 Å². The van der Waals surface area contributed by atoms with E-state index in [9.17, 15) is 31.5 Å². The fourth-order valence-electron chi connectivity index (χ4n) is 5.83. The van der Waals surface area contributed by atoms with Crippen molar-refractivity contribution in [1.29, 1.82) is 0 Å². The first-order valence-electron chi connectivity index (χ1n) is 11.6. The lowest BCUT2D eigenvalue weighted by atomic mass is 9.77. The number of halogens is 4. The summed E-state index contributed by atoms with van der Waals surface area (Å²) in [5.74, 6) is -6.06. The van der Waals surface area contributed by atoms with Crippen LogP contribution in [0.25, 0.3) is 0 Å². The van der Waals surface area contributed by atoms with Crippen LogP contribution in [0.2, 0.25) is 5.02 Å². The number of aliphatic hydroxyl groups is 1. The molecule has 2 fully saturated rings. The van der Waals surface area contributed by atoms with Gasteiger partial charge >= 0.3 is 0 Å². The first-order valence-corrected chi connectivity index (χ1v) is 13.6. The van der Waals surface area contributed by atoms with Gasteiger partial charge in [0.15, 0.2) is 27.3 Å². The van der Waals surface area contributed by atoms with Gasteiger partial charge in [-0.25, -0.2) is 26.6 Å². The van der Waals surface area contributed by atoms with Crippen molar-refractivity contribution in [2.24, 2.45) is 11.8 Å². The van der Waals surface area contributed by atoms with Gasteiger partial charge in [-0.05, 0) is 55.7 Å². The van der Waals surface area contributed by atoms with E-state index in [2.05, 4.69) is 10.3 Å². The molecule has 7 nitrogen and oxygen atoms in total. The third-order valence-electron chi connectivity index (χ3n) is 7.26. The molecule has 37 heavy (non-hydrogen) atoms. The third-order valence-corrected chi connectivity index (χ3v) is 10.1. The number of carbonyl (C=O) groups is 1. The molecule has 0 spiro atoms. The summed E-state index contributed by atoms with van der Waals surface area (Å²) < 4.78 is 69.7. The summed E-state index contributed by atoms with van der Waals surface area (Å²) in [4.78, 5) is 16.5. The minimum Gasteiger partial charge on any atom is -0.388 e. The van der Waals surface area contributed by atoms with E-state index in [1.807, 2.05) is 0 Å². The van der Waals surface area contributed by atoms with Crippen molar-refractivity contribution in [3.8, 4) is 0 Å². The van der Waals surface area contributed by atoms with Crippen LogP contribution >= 0.6 is 11.6 Å². The van der Waals surface area contributed by atoms with E-state index in [1.54, 1.807) is 23.3 Å². The van der Waals surface area contributed by atoms with Gasteiger partial charge in [0.1, 0.15) is 0 Å². The van der Waals surface area contributed by atoms with E-state index >= 15 is 0 Å². The van der Waals surface area contributed by atoms with Gasteiger partial charge in [0, 0.05) is 35.8 Å². The van der Waals surface area contributed by atoms with Crippen molar-refractivity contribution in [3.05, 3.63) is 77.1 Å². The van der Waals surface area contributed by atoms with Crippen LogP contribution in [0.1, 0.15) is 36.0 Å². The number of benzene rings is 2. The monoisotopic (exact) mass is 553 g/mol. The lowest BCUT2D eigenvalue weighted by Gasteiger charge is -2.41. The molecule has 1 aromatic heterocycles. The quantitative estimate of drug-likeness (QED) is 0.435. The maximum Gasteiger partial charge on any atom is 0.255 e. The molecule has 2 saturated carbocycles. The van der Waals surface area contributed by atoms with Gasteiger partial charge < -0.3 is 15.0 Å². The van der Waals surface area contributed by atoms with Gasteiger partial charge in [-0.15, -0.1) is 0 Å². The molecule has 2 aliphatic rings. The van der Waals surface area contributed by atoms with Gasteiger partial charge in [0.2, 0.25) is 0 Å². The van der Waals surface area contributed by atoms with E-state index < -0.39 is 44.0 Å². The number of hydrogen-bond acceptors (Lipinski definition) is 5. The number of aromatic nitrogens is 2. The maximum absolute atomic E-state index is 13.8. The summed E-state index contributed by atoms with van der Waals surface area (Å²) in [5.41, 5.74) is -1.50. The fraction of sp³-hybridized carbons (Fsp3) is 0.360. The number of rotatable bonds is 6. The Labute approximate surface area is 216 Å². The predicted molar refractivity (Wildman–Crippen MR) is 129 cm³/mol. The number of imidazole rings is 1. The Hall–Kier alpha value is -2.89. The molecule has 0 radical (unpaired) electrons. The molecule has 3 aromatic rings. The minimum atomic E-state index is -4.00. The molecule has 5 rings (SSSR count). The molecular weight excluding hydrogens is 531 g/mol. The Balaban J connectivity index is 1.39. The zero-order chi connectivity index (χ0) is 26.5. The van der Waals surface area contributed by atoms with Crippen molar-refractivity contribution in [3.63, 3.8) is 0 Å². The zero-order valence-corrected chi connectivity index (χ0v) is 20.9. The number of nitrogens with one attached hydrogen (secondary N) is 1. The highest BCUT2D eigenvalue weighted by Crippen LogP contribution is 2.51. The third kappa shape index (κ3) is 4.87. The van der Waals surface area contributed by atoms with Crippen LogP contribution in [0.4, 0.5) is 18.9 Å². The molecule has 2 atom stereocenters. The van der Waals surface area contributed by atoms with Crippen molar-refractivity contribution in [2.75, 3.05) is 5.32 Å². The smallest absolute Gasteiger partial charge is 0.255 e. The number of hydrogen-bond donors (Lipinski definition) is 2. The molecule has 196 valence electrons. The second-order valence-corrected chi connectivity index (χ2v) is 12.3. The van der Waals surface area contributed by atoms with E-state index in [4.69, 9.17) is 11.6 Å². The SMILES string of the molecule is O=C(Nc1cc(F)c(F)c(F)c1)c1ccc(Cl)c(S(=O)(=O)C2C3CCC2CC(O)(Cn2ccnc2)C3)c1. The largest absolute Gasteiger partial charge is 0.388 e. The number of nitrogens with zero attached hydrogens (tertiary/aromatic N) is 2. The lowest BCUT2D eigenvalue weighted by molar-refractivity contribution is -0.0329. The summed E-state index contributed by atoms with van der Waals surface area (Å²) in [6.07, 6.45) is 6.83. The van der Waals surface area contributed by atoms with Crippen LogP contribution in [0.3, 0.4) is 0 Å². The molecule has 0 saturated heterocycles. The van der Waals surface area contributed by atoms with Gasteiger partial charge in [0.05, 0.1) is 33.6 Å². The summed E-state index contributed by atoms with van der Waals surface area (Å²) in [5, 5.41) is 12.7. The number of carbonyl (C=O) groups excluding carboxylic acids is 1. The second-order valence-electron chi connectivity index (χ2n) is 9.83. The molecule has 2 aromatic carbocycles. The first kappa shape index (κ1) is 25.7. The van der Waals surface area contributed by atoms with Crippen LogP contribution in [0.5, 0.6) is 0 Å². The number of fused-ring (bicyclic) bond motifs is 2. The summed E-state index contributed by atoms with van der Waals surface area (Å²) in [6, 6.07) is 4.93. The van der Waals surface area contributed by atoms with Crippen molar-refractivity contribution < 1.29 is 31.5 Å². The van der Waals surface area contributed by atoms with Crippen molar-refractivity contribution in [2.45, 2.75) is 48.0 Å². The van der Waals surface area contributed by atoms with E-state index in [0.29, 0.717) is 44.4 Å². The predicted octanol–water partition coefficient (Wildman–Crippen LogP) is 4.60. The van der Waals surface area contributed by atoms with Gasteiger partial charge in [-0.2, -0.15) is 0 Å². The highest BCUT2D eigenvalue weighted by Gasteiger charge is 2.54. The Bertz CT molecular complexity index is 1430. The first-order chi connectivity index (χ1) is 17.5. The molecule has 0 aliphatic heterocycles. The van der Waals surface area contributed by atoms with Crippen molar-refractivity contribution in [1.82, 2.24) is 9.55 Å². The molecule has 2 aliphatic carbocycles.